The van der Waals surface area contributed by atoms with E-state index in [0.29, 0.717) is 13.2 Å². The van der Waals surface area contributed by atoms with Gasteiger partial charge >= 0.3 is 0 Å². The molecular formula is C14H20O3. The van der Waals surface area contributed by atoms with Crippen molar-refractivity contribution in [2.75, 3.05) is 13.7 Å². The zero-order valence-corrected chi connectivity index (χ0v) is 10.3. The molecule has 1 aromatic carbocycles. The molecule has 1 aliphatic carbocycles. The summed E-state index contributed by atoms with van der Waals surface area (Å²) in [5.74, 6) is 0.805. The molecule has 3 heteroatoms. The van der Waals surface area contributed by atoms with Crippen LogP contribution in [0, 0.1) is 0 Å². The van der Waals surface area contributed by atoms with Crippen LogP contribution in [-0.4, -0.2) is 24.4 Å². The second-order valence-corrected chi connectivity index (χ2v) is 4.80. The first-order valence-electron chi connectivity index (χ1n) is 6.15. The number of hydrogen-bond acceptors (Lipinski definition) is 3. The van der Waals surface area contributed by atoms with Gasteiger partial charge in [-0.05, 0) is 30.5 Å². The lowest BCUT2D eigenvalue weighted by Crippen LogP contribution is -2.32. The Balaban J connectivity index is 1.91. The minimum atomic E-state index is -0.614. The van der Waals surface area contributed by atoms with Gasteiger partial charge in [0.15, 0.2) is 0 Å². The van der Waals surface area contributed by atoms with Gasteiger partial charge in [-0.2, -0.15) is 0 Å². The Morgan fingerprint density at radius 2 is 2.06 bits per heavy atom. The molecule has 1 aromatic rings. The fourth-order valence-electron chi connectivity index (χ4n) is 2.29. The standard InChI is InChI=1S/C14H20O3/c1-16-10-12-5-4-6-13(9-12)17-11-14(15)7-2-3-8-14/h4-6,9,15H,2-3,7-8,10-11H2,1H3. The van der Waals surface area contributed by atoms with E-state index >= 15 is 0 Å². The summed E-state index contributed by atoms with van der Waals surface area (Å²) in [6.07, 6.45) is 3.91. The second kappa shape index (κ2) is 5.52. The van der Waals surface area contributed by atoms with Crippen molar-refractivity contribution in [1.82, 2.24) is 0 Å². The fourth-order valence-corrected chi connectivity index (χ4v) is 2.29. The molecule has 17 heavy (non-hydrogen) atoms. The highest BCUT2D eigenvalue weighted by atomic mass is 16.5. The first-order valence-corrected chi connectivity index (χ1v) is 6.15. The van der Waals surface area contributed by atoms with Crippen molar-refractivity contribution in [3.63, 3.8) is 0 Å². The van der Waals surface area contributed by atoms with E-state index in [0.717, 1.165) is 37.0 Å². The van der Waals surface area contributed by atoms with Gasteiger partial charge in [-0.1, -0.05) is 25.0 Å². The smallest absolute Gasteiger partial charge is 0.119 e. The van der Waals surface area contributed by atoms with Crippen LogP contribution in [0.5, 0.6) is 5.75 Å². The first kappa shape index (κ1) is 12.4. The maximum absolute atomic E-state index is 10.2. The Hall–Kier alpha value is -1.06. The highest BCUT2D eigenvalue weighted by molar-refractivity contribution is 5.28. The number of rotatable bonds is 5. The van der Waals surface area contributed by atoms with Crippen LogP contribution in [-0.2, 0) is 11.3 Å². The Morgan fingerprint density at radius 3 is 2.76 bits per heavy atom. The minimum Gasteiger partial charge on any atom is -0.491 e. The third-order valence-electron chi connectivity index (χ3n) is 3.25. The van der Waals surface area contributed by atoms with E-state index in [1.807, 2.05) is 24.3 Å². The lowest BCUT2D eigenvalue weighted by Gasteiger charge is -2.22. The van der Waals surface area contributed by atoms with E-state index in [1.54, 1.807) is 7.11 Å². The van der Waals surface area contributed by atoms with Crippen LogP contribution in [0.15, 0.2) is 24.3 Å². The first-order chi connectivity index (χ1) is 8.22. The Morgan fingerprint density at radius 1 is 1.29 bits per heavy atom. The van der Waals surface area contributed by atoms with Crippen LogP contribution < -0.4 is 4.74 Å². The molecule has 0 spiro atoms. The van der Waals surface area contributed by atoms with Gasteiger partial charge in [-0.3, -0.25) is 0 Å². The van der Waals surface area contributed by atoms with Gasteiger partial charge in [0.25, 0.3) is 0 Å². The number of aliphatic hydroxyl groups is 1. The molecule has 94 valence electrons. The topological polar surface area (TPSA) is 38.7 Å². The maximum Gasteiger partial charge on any atom is 0.119 e. The Bertz CT molecular complexity index is 356. The monoisotopic (exact) mass is 236 g/mol. The zero-order valence-electron chi connectivity index (χ0n) is 10.3. The van der Waals surface area contributed by atoms with Crippen molar-refractivity contribution in [2.24, 2.45) is 0 Å². The SMILES string of the molecule is COCc1cccc(OCC2(O)CCCC2)c1. The normalized spacial score (nSPS) is 18.2. The molecule has 0 radical (unpaired) electrons. The Kier molecular flexibility index (Phi) is 4.02. The molecule has 0 aromatic heterocycles. The molecule has 2 rings (SSSR count). The molecule has 1 saturated carbocycles. The van der Waals surface area contributed by atoms with E-state index in [1.165, 1.54) is 0 Å². The molecule has 0 aliphatic heterocycles. The predicted octanol–water partition coefficient (Wildman–Crippen LogP) is 2.52. The molecule has 0 saturated heterocycles. The maximum atomic E-state index is 10.2. The van der Waals surface area contributed by atoms with Crippen molar-refractivity contribution < 1.29 is 14.6 Å². The highest BCUT2D eigenvalue weighted by Crippen LogP contribution is 2.30. The van der Waals surface area contributed by atoms with Crippen molar-refractivity contribution in [2.45, 2.75) is 37.9 Å². The van der Waals surface area contributed by atoms with E-state index < -0.39 is 5.60 Å². The van der Waals surface area contributed by atoms with Gasteiger partial charge in [0.2, 0.25) is 0 Å². The van der Waals surface area contributed by atoms with Crippen molar-refractivity contribution in [3.05, 3.63) is 29.8 Å². The van der Waals surface area contributed by atoms with E-state index in [-0.39, 0.29) is 0 Å². The number of methoxy groups -OCH3 is 1. The zero-order chi connectivity index (χ0) is 12.1. The quantitative estimate of drug-likeness (QED) is 0.853. The van der Waals surface area contributed by atoms with Crippen LogP contribution in [0.25, 0.3) is 0 Å². The van der Waals surface area contributed by atoms with Crippen LogP contribution in [0.1, 0.15) is 31.2 Å². The molecule has 0 amide bonds. The molecule has 1 fully saturated rings. The molecule has 1 aliphatic rings. The number of hydrogen-bond donors (Lipinski definition) is 1. The van der Waals surface area contributed by atoms with Crippen LogP contribution >= 0.6 is 0 Å². The van der Waals surface area contributed by atoms with Gasteiger partial charge in [-0.15, -0.1) is 0 Å². The minimum absolute atomic E-state index is 0.392. The predicted molar refractivity (Wildman–Crippen MR) is 66.1 cm³/mol. The van der Waals surface area contributed by atoms with Crippen molar-refractivity contribution in [3.8, 4) is 5.75 Å². The van der Waals surface area contributed by atoms with Crippen LogP contribution in [0.2, 0.25) is 0 Å². The Labute approximate surface area is 102 Å². The van der Waals surface area contributed by atoms with Gasteiger partial charge in [0.1, 0.15) is 12.4 Å². The van der Waals surface area contributed by atoms with Crippen molar-refractivity contribution in [1.29, 1.82) is 0 Å². The van der Waals surface area contributed by atoms with Gasteiger partial charge in [-0.25, -0.2) is 0 Å². The number of benzene rings is 1. The van der Waals surface area contributed by atoms with Crippen molar-refractivity contribution >= 4 is 0 Å². The summed E-state index contributed by atoms with van der Waals surface area (Å²) in [6, 6.07) is 7.82. The largest absolute Gasteiger partial charge is 0.491 e. The summed E-state index contributed by atoms with van der Waals surface area (Å²) in [6.45, 7) is 0.977. The highest BCUT2D eigenvalue weighted by Gasteiger charge is 2.31. The summed E-state index contributed by atoms with van der Waals surface area (Å²) < 4.78 is 10.8. The molecule has 1 N–H and O–H groups in total. The summed E-state index contributed by atoms with van der Waals surface area (Å²) >= 11 is 0. The molecule has 0 bridgehead atoms. The van der Waals surface area contributed by atoms with Gasteiger partial charge < -0.3 is 14.6 Å². The van der Waals surface area contributed by atoms with Crippen LogP contribution in [0.4, 0.5) is 0 Å². The van der Waals surface area contributed by atoms with Crippen LogP contribution in [0.3, 0.4) is 0 Å². The summed E-state index contributed by atoms with van der Waals surface area (Å²) in [5, 5.41) is 10.2. The van der Waals surface area contributed by atoms with E-state index in [2.05, 4.69) is 0 Å². The van der Waals surface area contributed by atoms with E-state index in [9.17, 15) is 5.11 Å². The summed E-state index contributed by atoms with van der Waals surface area (Å²) in [4.78, 5) is 0. The molecule has 0 heterocycles. The molecular weight excluding hydrogens is 216 g/mol. The number of ether oxygens (including phenoxy) is 2. The van der Waals surface area contributed by atoms with Gasteiger partial charge in [0, 0.05) is 7.11 Å². The summed E-state index contributed by atoms with van der Waals surface area (Å²) in [5.41, 5.74) is 0.473. The third-order valence-corrected chi connectivity index (χ3v) is 3.25. The second-order valence-electron chi connectivity index (χ2n) is 4.80. The van der Waals surface area contributed by atoms with Gasteiger partial charge in [0.05, 0.1) is 12.2 Å². The molecule has 3 nitrogen and oxygen atoms in total. The van der Waals surface area contributed by atoms with E-state index in [4.69, 9.17) is 9.47 Å². The average Bonchev–Trinajstić information content (AvgIpc) is 2.76. The average molecular weight is 236 g/mol. The third kappa shape index (κ3) is 3.45. The molecule has 0 atom stereocenters. The lowest BCUT2D eigenvalue weighted by molar-refractivity contribution is 0.00135. The molecule has 0 unspecified atom stereocenters. The lowest BCUT2D eigenvalue weighted by atomic mass is 10.0. The fraction of sp³-hybridized carbons (Fsp3) is 0.571. The summed E-state index contributed by atoms with van der Waals surface area (Å²) in [7, 11) is 1.68.